The number of nitrogens with one attached hydrogen (secondary N) is 1. The number of hydrogen-bond acceptors (Lipinski definition) is 6. The second-order valence-electron chi connectivity index (χ2n) is 4.57. The van der Waals surface area contributed by atoms with Gasteiger partial charge in [-0.15, -0.1) is 0 Å². The minimum Gasteiger partial charge on any atom is -0.488 e. The molecule has 1 saturated heterocycles. The van der Waals surface area contributed by atoms with Crippen molar-refractivity contribution in [2.75, 3.05) is 13.1 Å². The van der Waals surface area contributed by atoms with Gasteiger partial charge in [-0.25, -0.2) is 18.4 Å². The minimum absolute atomic E-state index is 0.0428. The fraction of sp³-hybridized carbons (Fsp3) is 0.385. The SMILES string of the molecule is Fc1cc(F)cc(OC2CNC2)c1.O=C(O)C(O)C(O)C(=O)O. The van der Waals surface area contributed by atoms with Crippen LogP contribution in [0.5, 0.6) is 5.75 Å². The standard InChI is InChI=1S/C9H9F2NO.C4H6O6/c10-6-1-7(11)3-8(2-6)13-9-4-12-5-9;5-1(3(7)8)2(6)4(9)10/h1-3,9,12H,4-5H2;1-2,5-6H,(H,7,8)(H,9,10). The summed E-state index contributed by atoms with van der Waals surface area (Å²) in [6, 6.07) is 3.19. The molecule has 2 atom stereocenters. The molecular weight excluding hydrogens is 320 g/mol. The van der Waals surface area contributed by atoms with Gasteiger partial charge >= 0.3 is 11.9 Å². The van der Waals surface area contributed by atoms with Crippen LogP contribution in [-0.4, -0.2) is 63.8 Å². The van der Waals surface area contributed by atoms with Gasteiger partial charge in [0.2, 0.25) is 0 Å². The lowest BCUT2D eigenvalue weighted by molar-refractivity contribution is -0.165. The summed E-state index contributed by atoms with van der Waals surface area (Å²) in [4.78, 5) is 19.5. The minimum atomic E-state index is -2.27. The highest BCUT2D eigenvalue weighted by atomic mass is 19.1. The highest BCUT2D eigenvalue weighted by Crippen LogP contribution is 2.17. The molecule has 0 spiro atoms. The van der Waals surface area contributed by atoms with Crippen molar-refractivity contribution in [2.24, 2.45) is 0 Å². The molecule has 8 nitrogen and oxygen atoms in total. The topological polar surface area (TPSA) is 136 Å². The Kier molecular flexibility index (Phi) is 6.82. The fourth-order valence-corrected chi connectivity index (χ4v) is 1.40. The normalized spacial score (nSPS) is 16.3. The molecular formula is C13H15F2NO7. The summed E-state index contributed by atoms with van der Waals surface area (Å²) in [5.41, 5.74) is 0. The Balaban J connectivity index is 0.000000241. The number of halogens is 2. The Labute approximate surface area is 128 Å². The first-order valence-electron chi connectivity index (χ1n) is 6.36. The Morgan fingerprint density at radius 3 is 1.78 bits per heavy atom. The van der Waals surface area contributed by atoms with Crippen LogP contribution in [0.25, 0.3) is 0 Å². The van der Waals surface area contributed by atoms with Crippen molar-refractivity contribution in [3.05, 3.63) is 29.8 Å². The third-order valence-corrected chi connectivity index (χ3v) is 2.69. The molecule has 0 amide bonds. The van der Waals surface area contributed by atoms with Gasteiger partial charge in [0.15, 0.2) is 12.2 Å². The quantitative estimate of drug-likeness (QED) is 0.471. The van der Waals surface area contributed by atoms with Crippen molar-refractivity contribution in [1.29, 1.82) is 0 Å². The zero-order chi connectivity index (χ0) is 17.6. The molecule has 0 radical (unpaired) electrons. The highest BCUT2D eigenvalue weighted by Gasteiger charge is 2.29. The van der Waals surface area contributed by atoms with Crippen molar-refractivity contribution < 1.29 is 43.5 Å². The van der Waals surface area contributed by atoms with E-state index in [1.54, 1.807) is 0 Å². The van der Waals surface area contributed by atoms with Crippen LogP contribution in [0.3, 0.4) is 0 Å². The van der Waals surface area contributed by atoms with Crippen LogP contribution in [0.2, 0.25) is 0 Å². The van der Waals surface area contributed by atoms with Crippen LogP contribution >= 0.6 is 0 Å². The third-order valence-electron chi connectivity index (χ3n) is 2.69. The van der Waals surface area contributed by atoms with Crippen molar-refractivity contribution in [3.8, 4) is 5.75 Å². The number of carboxylic acids is 2. The van der Waals surface area contributed by atoms with Gasteiger partial charge in [0.25, 0.3) is 0 Å². The molecule has 128 valence electrons. The number of ether oxygens (including phenoxy) is 1. The Morgan fingerprint density at radius 1 is 1.04 bits per heavy atom. The van der Waals surface area contributed by atoms with Gasteiger partial charge in [-0.2, -0.15) is 0 Å². The molecule has 1 aliphatic rings. The summed E-state index contributed by atoms with van der Waals surface area (Å²) in [6.45, 7) is 1.47. The lowest BCUT2D eigenvalue weighted by Gasteiger charge is -2.27. The molecule has 1 aliphatic heterocycles. The Morgan fingerprint density at radius 2 is 1.48 bits per heavy atom. The smallest absolute Gasteiger partial charge is 0.335 e. The number of rotatable bonds is 5. The maximum Gasteiger partial charge on any atom is 0.335 e. The van der Waals surface area contributed by atoms with E-state index in [4.69, 9.17) is 25.2 Å². The first-order valence-corrected chi connectivity index (χ1v) is 6.36. The molecule has 0 bridgehead atoms. The number of carbonyl (C=O) groups is 2. The van der Waals surface area contributed by atoms with Crippen LogP contribution in [0.1, 0.15) is 0 Å². The number of hydrogen-bond donors (Lipinski definition) is 5. The Bertz CT molecular complexity index is 527. The number of aliphatic hydroxyl groups is 2. The monoisotopic (exact) mass is 335 g/mol. The number of benzene rings is 1. The van der Waals surface area contributed by atoms with Crippen molar-refractivity contribution in [3.63, 3.8) is 0 Å². The van der Waals surface area contributed by atoms with Gasteiger partial charge in [-0.1, -0.05) is 0 Å². The van der Waals surface area contributed by atoms with Gasteiger partial charge < -0.3 is 30.5 Å². The molecule has 10 heteroatoms. The average molecular weight is 335 g/mol. The zero-order valence-electron chi connectivity index (χ0n) is 11.6. The summed E-state index contributed by atoms with van der Waals surface area (Å²) in [5, 5.41) is 35.5. The van der Waals surface area contributed by atoms with E-state index in [1.165, 1.54) is 12.1 Å². The first kappa shape index (κ1) is 18.7. The molecule has 0 aromatic heterocycles. The molecule has 1 aromatic carbocycles. The number of carboxylic acid groups (broad SMARTS) is 2. The van der Waals surface area contributed by atoms with Crippen LogP contribution < -0.4 is 10.1 Å². The maximum absolute atomic E-state index is 12.7. The second kappa shape index (κ2) is 8.36. The van der Waals surface area contributed by atoms with E-state index >= 15 is 0 Å². The van der Waals surface area contributed by atoms with Gasteiger partial charge in [-0.3, -0.25) is 0 Å². The summed E-state index contributed by atoms with van der Waals surface area (Å²) in [7, 11) is 0. The van der Waals surface area contributed by atoms with E-state index in [1.807, 2.05) is 0 Å². The number of aliphatic hydroxyl groups excluding tert-OH is 2. The van der Waals surface area contributed by atoms with Crippen molar-refractivity contribution >= 4 is 11.9 Å². The van der Waals surface area contributed by atoms with Gasteiger partial charge in [0.05, 0.1) is 0 Å². The first-order chi connectivity index (χ1) is 10.7. The number of aliphatic carboxylic acids is 2. The van der Waals surface area contributed by atoms with E-state index in [0.717, 1.165) is 19.2 Å². The summed E-state index contributed by atoms with van der Waals surface area (Å²) in [6.07, 6.45) is -4.49. The summed E-state index contributed by atoms with van der Waals surface area (Å²) >= 11 is 0. The zero-order valence-corrected chi connectivity index (χ0v) is 11.6. The molecule has 1 fully saturated rings. The predicted octanol–water partition coefficient (Wildman–Crippen LogP) is -0.807. The maximum atomic E-state index is 12.7. The molecule has 23 heavy (non-hydrogen) atoms. The van der Waals surface area contributed by atoms with E-state index < -0.39 is 35.8 Å². The Hall–Kier alpha value is -2.30. The third kappa shape index (κ3) is 6.14. The summed E-state index contributed by atoms with van der Waals surface area (Å²) in [5.74, 6) is -4.50. The van der Waals surface area contributed by atoms with E-state index in [0.29, 0.717) is 0 Å². The lowest BCUT2D eigenvalue weighted by atomic mass is 10.2. The average Bonchev–Trinajstić information content (AvgIpc) is 2.40. The molecule has 1 aromatic rings. The van der Waals surface area contributed by atoms with E-state index in [-0.39, 0.29) is 11.9 Å². The van der Waals surface area contributed by atoms with Crippen molar-refractivity contribution in [1.82, 2.24) is 5.32 Å². The van der Waals surface area contributed by atoms with Crippen molar-refractivity contribution in [2.45, 2.75) is 18.3 Å². The van der Waals surface area contributed by atoms with Gasteiger partial charge in [0, 0.05) is 31.3 Å². The summed E-state index contributed by atoms with van der Waals surface area (Å²) < 4.78 is 30.6. The van der Waals surface area contributed by atoms with Crippen LogP contribution in [-0.2, 0) is 9.59 Å². The van der Waals surface area contributed by atoms with Crippen LogP contribution in [0, 0.1) is 11.6 Å². The molecule has 2 unspecified atom stereocenters. The predicted molar refractivity (Wildman–Crippen MR) is 70.9 cm³/mol. The lowest BCUT2D eigenvalue weighted by Crippen LogP contribution is -2.50. The molecule has 0 aliphatic carbocycles. The molecule has 5 N–H and O–H groups in total. The van der Waals surface area contributed by atoms with Crippen LogP contribution in [0.15, 0.2) is 18.2 Å². The van der Waals surface area contributed by atoms with Gasteiger partial charge in [-0.05, 0) is 0 Å². The fourth-order valence-electron chi connectivity index (χ4n) is 1.40. The largest absolute Gasteiger partial charge is 0.488 e. The second-order valence-corrected chi connectivity index (χ2v) is 4.57. The highest BCUT2D eigenvalue weighted by molar-refractivity contribution is 5.83. The molecule has 2 rings (SSSR count). The van der Waals surface area contributed by atoms with Crippen LogP contribution in [0.4, 0.5) is 8.78 Å². The molecule has 1 heterocycles. The van der Waals surface area contributed by atoms with E-state index in [2.05, 4.69) is 5.32 Å². The molecule has 0 saturated carbocycles. The van der Waals surface area contributed by atoms with E-state index in [9.17, 15) is 18.4 Å². The van der Waals surface area contributed by atoms with Gasteiger partial charge in [0.1, 0.15) is 23.5 Å².